The minimum Gasteiger partial charge on any atom is -0.481 e. The van der Waals surface area contributed by atoms with Crippen LogP contribution in [0.5, 0.6) is 11.5 Å². The molecule has 2 aromatic carbocycles. The van der Waals surface area contributed by atoms with Crippen molar-refractivity contribution < 1.29 is 19.4 Å². The zero-order valence-electron chi connectivity index (χ0n) is 20.8. The summed E-state index contributed by atoms with van der Waals surface area (Å²) in [5, 5.41) is 12.2. The number of nitrogens with one attached hydrogen (secondary N) is 1. The van der Waals surface area contributed by atoms with Gasteiger partial charge >= 0.3 is 5.97 Å². The molecule has 2 N–H and O–H groups in total. The molecule has 36 heavy (non-hydrogen) atoms. The first-order valence-corrected chi connectivity index (χ1v) is 12.8. The number of pyridine rings is 1. The zero-order valence-corrected chi connectivity index (χ0v) is 20.8. The number of benzene rings is 2. The highest BCUT2D eigenvalue weighted by molar-refractivity contribution is 5.76. The van der Waals surface area contributed by atoms with E-state index in [0.717, 1.165) is 55.6 Å². The van der Waals surface area contributed by atoms with E-state index in [1.54, 1.807) is 6.20 Å². The first-order chi connectivity index (χ1) is 17.6. The zero-order chi connectivity index (χ0) is 25.4. The number of unbranched alkanes of at least 4 members (excludes halogenated alkanes) is 3. The van der Waals surface area contributed by atoms with Crippen LogP contribution in [0, 0.1) is 0 Å². The third-order valence-electron chi connectivity index (χ3n) is 6.10. The lowest BCUT2D eigenvalue weighted by Gasteiger charge is -2.18. The van der Waals surface area contributed by atoms with Gasteiger partial charge in [-0.1, -0.05) is 49.2 Å². The Morgan fingerprint density at radius 3 is 2.25 bits per heavy atom. The summed E-state index contributed by atoms with van der Waals surface area (Å²) in [7, 11) is 0. The summed E-state index contributed by atoms with van der Waals surface area (Å²) in [5.74, 6) is 0.714. The highest BCUT2D eigenvalue weighted by Crippen LogP contribution is 2.22. The third kappa shape index (κ3) is 10.7. The van der Waals surface area contributed by atoms with Crippen molar-refractivity contribution in [2.45, 2.75) is 70.3 Å². The smallest absolute Gasteiger partial charge is 0.303 e. The van der Waals surface area contributed by atoms with Crippen LogP contribution in [0.25, 0.3) is 0 Å². The molecule has 0 aliphatic heterocycles. The number of aryl methyl sites for hydroxylation is 2. The molecule has 6 nitrogen and oxygen atoms in total. The average molecular weight is 489 g/mol. The minimum atomic E-state index is -0.842. The number of carbonyl (C=O) groups is 2. The summed E-state index contributed by atoms with van der Waals surface area (Å²) in [6.45, 7) is 0. The molecule has 190 valence electrons. The monoisotopic (exact) mass is 488 g/mol. The van der Waals surface area contributed by atoms with Crippen molar-refractivity contribution in [1.82, 2.24) is 10.3 Å². The molecule has 3 aromatic rings. The Kier molecular flexibility index (Phi) is 11.5. The Labute approximate surface area is 213 Å². The van der Waals surface area contributed by atoms with E-state index in [2.05, 4.69) is 16.4 Å². The molecule has 0 saturated heterocycles. The third-order valence-corrected chi connectivity index (χ3v) is 6.10. The predicted octanol–water partition coefficient (Wildman–Crippen LogP) is 6.35. The van der Waals surface area contributed by atoms with Gasteiger partial charge in [0.15, 0.2) is 0 Å². The van der Waals surface area contributed by atoms with Gasteiger partial charge < -0.3 is 15.2 Å². The molecule has 0 saturated carbocycles. The Morgan fingerprint density at radius 1 is 0.778 bits per heavy atom. The molecular weight excluding hydrogens is 452 g/mol. The van der Waals surface area contributed by atoms with Crippen LogP contribution in [0.3, 0.4) is 0 Å². The fourth-order valence-electron chi connectivity index (χ4n) is 4.09. The lowest BCUT2D eigenvalue weighted by molar-refractivity contribution is -0.137. The Hall–Kier alpha value is -3.67. The van der Waals surface area contributed by atoms with Gasteiger partial charge in [0.25, 0.3) is 0 Å². The number of para-hydroxylation sites is 1. The maximum atomic E-state index is 12.5. The van der Waals surface area contributed by atoms with Gasteiger partial charge in [0.05, 0.1) is 0 Å². The van der Waals surface area contributed by atoms with E-state index in [1.165, 1.54) is 5.56 Å². The number of carboxylic acids is 1. The largest absolute Gasteiger partial charge is 0.481 e. The molecule has 1 unspecified atom stereocenters. The molecule has 3 rings (SSSR count). The molecule has 1 heterocycles. The van der Waals surface area contributed by atoms with Crippen molar-refractivity contribution in [3.8, 4) is 11.5 Å². The normalized spacial score (nSPS) is 11.6. The first kappa shape index (κ1) is 26.9. The minimum absolute atomic E-state index is 0.00394. The van der Waals surface area contributed by atoms with Crippen molar-refractivity contribution in [2.75, 3.05) is 0 Å². The standard InChI is InChI=1S/C30H36N2O4/c33-29(13-7-2-1-4-9-25-10-8-22-31-23-25)32-26(18-21-30(34)35)17-14-24-15-19-28(20-16-24)36-27-11-5-3-6-12-27/h3,5-6,8,10-12,15-16,19-20,22-23,26H,1-2,4,7,9,13-14,17-18,21H2,(H,32,33)(H,34,35). The molecule has 0 aliphatic carbocycles. The fraction of sp³-hybridized carbons (Fsp3) is 0.367. The van der Waals surface area contributed by atoms with Crippen molar-refractivity contribution in [2.24, 2.45) is 0 Å². The van der Waals surface area contributed by atoms with E-state index in [1.807, 2.05) is 66.9 Å². The maximum Gasteiger partial charge on any atom is 0.303 e. The topological polar surface area (TPSA) is 88.5 Å². The molecular formula is C30H36N2O4. The Bertz CT molecular complexity index is 1040. The van der Waals surface area contributed by atoms with E-state index in [0.29, 0.717) is 19.3 Å². The summed E-state index contributed by atoms with van der Waals surface area (Å²) in [6, 6.07) is 21.4. The lowest BCUT2D eigenvalue weighted by atomic mass is 10.0. The number of rotatable bonds is 16. The second kappa shape index (κ2) is 15.4. The van der Waals surface area contributed by atoms with Gasteiger partial charge in [-0.2, -0.15) is 0 Å². The number of hydrogen-bond donors (Lipinski definition) is 2. The van der Waals surface area contributed by atoms with Crippen molar-refractivity contribution >= 4 is 11.9 Å². The number of aliphatic carboxylic acids is 1. The summed E-state index contributed by atoms with van der Waals surface area (Å²) in [5.41, 5.74) is 2.37. The van der Waals surface area contributed by atoms with E-state index in [-0.39, 0.29) is 18.4 Å². The van der Waals surface area contributed by atoms with Crippen LogP contribution in [0.4, 0.5) is 0 Å². The summed E-state index contributed by atoms with van der Waals surface area (Å²) >= 11 is 0. The molecule has 0 bridgehead atoms. The molecule has 1 aromatic heterocycles. The van der Waals surface area contributed by atoms with Gasteiger partial charge in [0.1, 0.15) is 11.5 Å². The quantitative estimate of drug-likeness (QED) is 0.229. The number of carboxylic acid groups (broad SMARTS) is 1. The molecule has 1 atom stereocenters. The molecule has 0 spiro atoms. The fourth-order valence-corrected chi connectivity index (χ4v) is 4.09. The number of ether oxygens (including phenoxy) is 1. The van der Waals surface area contributed by atoms with Crippen molar-refractivity contribution in [3.63, 3.8) is 0 Å². The number of carbonyl (C=O) groups excluding carboxylic acids is 1. The average Bonchev–Trinajstić information content (AvgIpc) is 2.89. The van der Waals surface area contributed by atoms with Crippen LogP contribution in [0.1, 0.15) is 62.5 Å². The van der Waals surface area contributed by atoms with E-state index < -0.39 is 5.97 Å². The van der Waals surface area contributed by atoms with Gasteiger partial charge in [0.2, 0.25) is 5.91 Å². The second-order valence-corrected chi connectivity index (χ2v) is 9.07. The van der Waals surface area contributed by atoms with E-state index in [4.69, 9.17) is 9.84 Å². The van der Waals surface area contributed by atoms with Crippen LogP contribution < -0.4 is 10.1 Å². The van der Waals surface area contributed by atoms with Gasteiger partial charge in [0, 0.05) is 31.3 Å². The Balaban J connectivity index is 1.38. The summed E-state index contributed by atoms with van der Waals surface area (Å²) in [6.07, 6.45) is 11.1. The molecule has 6 heteroatoms. The molecule has 1 amide bonds. The van der Waals surface area contributed by atoms with E-state index in [9.17, 15) is 9.59 Å². The number of hydrogen-bond acceptors (Lipinski definition) is 4. The number of aromatic nitrogens is 1. The van der Waals surface area contributed by atoms with E-state index >= 15 is 0 Å². The highest BCUT2D eigenvalue weighted by Gasteiger charge is 2.14. The number of nitrogens with zero attached hydrogens (tertiary/aromatic N) is 1. The van der Waals surface area contributed by atoms with Crippen LogP contribution in [-0.2, 0) is 22.4 Å². The van der Waals surface area contributed by atoms with Gasteiger partial charge in [-0.15, -0.1) is 0 Å². The SMILES string of the molecule is O=C(O)CCC(CCc1ccc(Oc2ccccc2)cc1)NC(=O)CCCCCCc1cccnc1. The highest BCUT2D eigenvalue weighted by atomic mass is 16.5. The van der Waals surface area contributed by atoms with Gasteiger partial charge in [-0.3, -0.25) is 14.6 Å². The van der Waals surface area contributed by atoms with Crippen LogP contribution in [-0.4, -0.2) is 28.0 Å². The van der Waals surface area contributed by atoms with Crippen LogP contribution >= 0.6 is 0 Å². The lowest BCUT2D eigenvalue weighted by Crippen LogP contribution is -2.35. The second-order valence-electron chi connectivity index (χ2n) is 9.07. The first-order valence-electron chi connectivity index (χ1n) is 12.8. The summed E-state index contributed by atoms with van der Waals surface area (Å²) < 4.78 is 5.84. The van der Waals surface area contributed by atoms with Crippen molar-refractivity contribution in [3.05, 3.63) is 90.3 Å². The summed E-state index contributed by atoms with van der Waals surface area (Å²) in [4.78, 5) is 27.7. The maximum absolute atomic E-state index is 12.5. The van der Waals surface area contributed by atoms with Gasteiger partial charge in [-0.05, 0) is 80.0 Å². The van der Waals surface area contributed by atoms with Gasteiger partial charge in [-0.25, -0.2) is 0 Å². The number of amides is 1. The molecule has 0 fully saturated rings. The van der Waals surface area contributed by atoms with Crippen LogP contribution in [0.2, 0.25) is 0 Å². The molecule has 0 radical (unpaired) electrons. The van der Waals surface area contributed by atoms with Crippen LogP contribution in [0.15, 0.2) is 79.1 Å². The molecule has 0 aliphatic rings. The van der Waals surface area contributed by atoms with Crippen molar-refractivity contribution in [1.29, 1.82) is 0 Å². The Morgan fingerprint density at radius 2 is 1.53 bits per heavy atom. The predicted molar refractivity (Wildman–Crippen MR) is 141 cm³/mol.